The van der Waals surface area contributed by atoms with Crippen molar-refractivity contribution >= 4 is 23.4 Å². The van der Waals surface area contributed by atoms with Crippen molar-refractivity contribution in [2.75, 3.05) is 11.9 Å². The number of carbonyl (C=O) groups is 3. The molecule has 4 fully saturated rings. The Morgan fingerprint density at radius 2 is 1.54 bits per heavy atom. The number of hydrogen-bond acceptors (Lipinski definition) is 3. The molecule has 4 bridgehead atoms. The van der Waals surface area contributed by atoms with Crippen LogP contribution in [0.25, 0.3) is 0 Å². The fraction of sp³-hybridized carbons (Fsp3) is 0.483. The quantitative estimate of drug-likeness (QED) is 0.513. The zero-order chi connectivity index (χ0) is 24.4. The maximum Gasteiger partial charge on any atom is 0.255 e. The summed E-state index contributed by atoms with van der Waals surface area (Å²) < 4.78 is 0. The number of rotatable bonds is 8. The van der Waals surface area contributed by atoms with E-state index in [-0.39, 0.29) is 35.7 Å². The first kappa shape index (κ1) is 23.6. The molecule has 6 heteroatoms. The van der Waals surface area contributed by atoms with Gasteiger partial charge in [-0.1, -0.05) is 30.3 Å². The van der Waals surface area contributed by atoms with E-state index >= 15 is 0 Å². The number of hydrogen-bond donors (Lipinski definition) is 3. The number of carbonyl (C=O) groups excluding carboxylic acids is 3. The zero-order valence-corrected chi connectivity index (χ0v) is 20.4. The SMILES string of the molecule is CC(NC(=O)CNC(=O)CC12CC3CC(CC(C3)C1)C2)c1cccc(NC(=O)c2ccccc2)c1. The molecular weight excluding hydrogens is 438 g/mol. The van der Waals surface area contributed by atoms with E-state index in [0.717, 1.165) is 23.3 Å². The van der Waals surface area contributed by atoms with Crippen molar-refractivity contribution in [3.05, 3.63) is 65.7 Å². The Bertz CT molecular complexity index is 1060. The summed E-state index contributed by atoms with van der Waals surface area (Å²) in [5.41, 5.74) is 2.31. The van der Waals surface area contributed by atoms with E-state index in [4.69, 9.17) is 0 Å². The van der Waals surface area contributed by atoms with Gasteiger partial charge in [-0.25, -0.2) is 0 Å². The molecule has 0 aliphatic heterocycles. The fourth-order valence-corrected chi connectivity index (χ4v) is 7.14. The topological polar surface area (TPSA) is 87.3 Å². The van der Waals surface area contributed by atoms with Crippen molar-refractivity contribution in [1.82, 2.24) is 10.6 Å². The summed E-state index contributed by atoms with van der Waals surface area (Å²) in [6.45, 7) is 1.88. The standard InChI is InChI=1S/C29H35N3O3/c1-19(24-8-5-9-25(13-24)32-28(35)23-6-3-2-4-7-23)31-27(34)18-30-26(33)17-29-14-20-10-21(15-29)12-22(11-20)16-29/h2-9,13,19-22H,10-12,14-18H2,1H3,(H,30,33)(H,31,34)(H,32,35). The molecule has 6 nitrogen and oxygen atoms in total. The van der Waals surface area contributed by atoms with E-state index < -0.39 is 0 Å². The average molecular weight is 474 g/mol. The van der Waals surface area contributed by atoms with E-state index in [1.54, 1.807) is 12.1 Å². The second kappa shape index (κ2) is 9.84. The van der Waals surface area contributed by atoms with Gasteiger partial charge in [0.1, 0.15) is 0 Å². The highest BCUT2D eigenvalue weighted by molar-refractivity contribution is 6.04. The van der Waals surface area contributed by atoms with Gasteiger partial charge in [-0.05, 0) is 98.4 Å². The zero-order valence-electron chi connectivity index (χ0n) is 20.4. The predicted octanol–water partition coefficient (Wildman–Crippen LogP) is 4.84. The summed E-state index contributed by atoms with van der Waals surface area (Å²) in [7, 11) is 0. The molecule has 3 N–H and O–H groups in total. The third-order valence-electron chi connectivity index (χ3n) is 8.20. The second-order valence-corrected chi connectivity index (χ2v) is 11.1. The van der Waals surface area contributed by atoms with Crippen LogP contribution < -0.4 is 16.0 Å². The van der Waals surface area contributed by atoms with Gasteiger partial charge >= 0.3 is 0 Å². The van der Waals surface area contributed by atoms with Gasteiger partial charge in [0.25, 0.3) is 5.91 Å². The minimum Gasteiger partial charge on any atom is -0.348 e. The van der Waals surface area contributed by atoms with Gasteiger partial charge in [-0.3, -0.25) is 14.4 Å². The van der Waals surface area contributed by atoms with Crippen molar-refractivity contribution in [2.45, 2.75) is 57.9 Å². The first-order valence-corrected chi connectivity index (χ1v) is 12.9. The molecule has 2 aromatic carbocycles. The molecule has 1 unspecified atom stereocenters. The average Bonchev–Trinajstić information content (AvgIpc) is 2.82. The molecule has 4 saturated carbocycles. The van der Waals surface area contributed by atoms with Gasteiger partial charge < -0.3 is 16.0 Å². The maximum absolute atomic E-state index is 12.7. The summed E-state index contributed by atoms with van der Waals surface area (Å²) in [5.74, 6) is 2.04. The van der Waals surface area contributed by atoms with Crippen LogP contribution in [0.1, 0.15) is 73.8 Å². The van der Waals surface area contributed by atoms with Gasteiger partial charge in [-0.15, -0.1) is 0 Å². The molecule has 0 aromatic heterocycles. The number of amides is 3. The van der Waals surface area contributed by atoms with E-state index in [1.165, 1.54) is 38.5 Å². The van der Waals surface area contributed by atoms with Crippen LogP contribution in [0.15, 0.2) is 54.6 Å². The monoisotopic (exact) mass is 473 g/mol. The third-order valence-corrected chi connectivity index (χ3v) is 8.20. The molecule has 1 atom stereocenters. The number of nitrogens with one attached hydrogen (secondary N) is 3. The van der Waals surface area contributed by atoms with E-state index in [1.807, 2.05) is 49.4 Å². The molecule has 184 valence electrons. The van der Waals surface area contributed by atoms with E-state index in [2.05, 4.69) is 16.0 Å². The van der Waals surface area contributed by atoms with Crippen LogP contribution in [0, 0.1) is 23.2 Å². The predicted molar refractivity (Wildman–Crippen MR) is 136 cm³/mol. The first-order chi connectivity index (χ1) is 16.9. The fourth-order valence-electron chi connectivity index (χ4n) is 7.14. The van der Waals surface area contributed by atoms with Crippen LogP contribution >= 0.6 is 0 Å². The lowest BCUT2D eigenvalue weighted by Gasteiger charge is -2.56. The molecule has 4 aliphatic carbocycles. The van der Waals surface area contributed by atoms with Gasteiger partial charge in [0, 0.05) is 17.7 Å². The van der Waals surface area contributed by atoms with Crippen LogP contribution in [-0.4, -0.2) is 24.3 Å². The molecule has 4 aliphatic rings. The van der Waals surface area contributed by atoms with Crippen molar-refractivity contribution in [1.29, 1.82) is 0 Å². The van der Waals surface area contributed by atoms with Gasteiger partial charge in [-0.2, -0.15) is 0 Å². The number of benzene rings is 2. The lowest BCUT2D eigenvalue weighted by Crippen LogP contribution is -2.48. The molecule has 0 heterocycles. The Kier molecular flexibility index (Phi) is 6.63. The van der Waals surface area contributed by atoms with Crippen LogP contribution in [0.2, 0.25) is 0 Å². The Morgan fingerprint density at radius 3 is 2.20 bits per heavy atom. The van der Waals surface area contributed by atoms with Crippen molar-refractivity contribution in [3.63, 3.8) is 0 Å². The minimum atomic E-state index is -0.254. The van der Waals surface area contributed by atoms with Crippen LogP contribution in [0.4, 0.5) is 5.69 Å². The minimum absolute atomic E-state index is 0.000347. The molecular formula is C29H35N3O3. The maximum atomic E-state index is 12.7. The highest BCUT2D eigenvalue weighted by Crippen LogP contribution is 2.61. The molecule has 6 rings (SSSR count). The van der Waals surface area contributed by atoms with Crippen LogP contribution in [-0.2, 0) is 9.59 Å². The Balaban J connectivity index is 1.10. The van der Waals surface area contributed by atoms with E-state index in [0.29, 0.717) is 17.7 Å². The third kappa shape index (κ3) is 5.58. The highest BCUT2D eigenvalue weighted by atomic mass is 16.2. The molecule has 0 radical (unpaired) electrons. The Labute approximate surface area is 207 Å². The first-order valence-electron chi connectivity index (χ1n) is 12.9. The van der Waals surface area contributed by atoms with Gasteiger partial charge in [0.15, 0.2) is 0 Å². The largest absolute Gasteiger partial charge is 0.348 e. The molecule has 0 spiro atoms. The summed E-state index contributed by atoms with van der Waals surface area (Å²) in [6.07, 6.45) is 8.20. The summed E-state index contributed by atoms with van der Waals surface area (Å²) in [4.78, 5) is 37.7. The summed E-state index contributed by atoms with van der Waals surface area (Å²) >= 11 is 0. The van der Waals surface area contributed by atoms with Gasteiger partial charge in [0.2, 0.25) is 11.8 Å². The smallest absolute Gasteiger partial charge is 0.255 e. The van der Waals surface area contributed by atoms with Crippen molar-refractivity contribution < 1.29 is 14.4 Å². The Hall–Kier alpha value is -3.15. The molecule has 35 heavy (non-hydrogen) atoms. The Morgan fingerprint density at radius 1 is 0.886 bits per heavy atom. The normalized spacial score (nSPS) is 27.2. The molecule has 2 aromatic rings. The lowest BCUT2D eigenvalue weighted by atomic mass is 9.49. The number of anilines is 1. The molecule has 0 saturated heterocycles. The molecule has 3 amide bonds. The van der Waals surface area contributed by atoms with Crippen LogP contribution in [0.3, 0.4) is 0 Å². The second-order valence-electron chi connectivity index (χ2n) is 11.1. The van der Waals surface area contributed by atoms with Crippen molar-refractivity contribution in [2.24, 2.45) is 23.2 Å². The highest BCUT2D eigenvalue weighted by Gasteiger charge is 2.51. The van der Waals surface area contributed by atoms with E-state index in [9.17, 15) is 14.4 Å². The van der Waals surface area contributed by atoms with Crippen molar-refractivity contribution in [3.8, 4) is 0 Å². The summed E-state index contributed by atoms with van der Waals surface area (Å²) in [5, 5.41) is 8.72. The lowest BCUT2D eigenvalue weighted by molar-refractivity contribution is -0.132. The van der Waals surface area contributed by atoms with Crippen LogP contribution in [0.5, 0.6) is 0 Å². The summed E-state index contributed by atoms with van der Waals surface area (Å²) in [6, 6.07) is 16.2. The van der Waals surface area contributed by atoms with Gasteiger partial charge in [0.05, 0.1) is 12.6 Å².